The highest BCUT2D eigenvalue weighted by Gasteiger charge is 2.47. The highest BCUT2D eigenvalue weighted by molar-refractivity contribution is 6.00. The number of benzene rings is 1. The van der Waals surface area contributed by atoms with E-state index in [0.29, 0.717) is 29.1 Å². The maximum absolute atomic E-state index is 13.7. The molecular weight excluding hydrogens is 516 g/mol. The van der Waals surface area contributed by atoms with Gasteiger partial charge in [-0.1, -0.05) is 0 Å². The van der Waals surface area contributed by atoms with Crippen LogP contribution in [0.4, 0.5) is 0 Å². The highest BCUT2D eigenvalue weighted by Crippen LogP contribution is 2.40. The molecule has 4 fully saturated rings. The molecule has 1 amide bonds. The number of aryl methyl sites for hydroxylation is 1. The van der Waals surface area contributed by atoms with Gasteiger partial charge in [0, 0.05) is 62.1 Å². The molecule has 9 heteroatoms. The summed E-state index contributed by atoms with van der Waals surface area (Å²) in [4.78, 5) is 26.0. The summed E-state index contributed by atoms with van der Waals surface area (Å²) in [5, 5.41) is 1.13. The van der Waals surface area contributed by atoms with Crippen LogP contribution in [0.1, 0.15) is 48.2 Å². The van der Waals surface area contributed by atoms with Gasteiger partial charge in [0.15, 0.2) is 5.82 Å². The minimum atomic E-state index is 0.0206. The number of nitrogens with two attached hydrogens (primary N) is 1. The van der Waals surface area contributed by atoms with Crippen molar-refractivity contribution in [3.63, 3.8) is 0 Å². The van der Waals surface area contributed by atoms with E-state index in [1.54, 1.807) is 7.11 Å². The fourth-order valence-electron chi connectivity index (χ4n) is 7.52. The van der Waals surface area contributed by atoms with Crippen LogP contribution in [0.2, 0.25) is 0 Å². The van der Waals surface area contributed by atoms with E-state index < -0.39 is 0 Å². The number of piperidine rings is 1. The average molecular weight is 555 g/mol. The summed E-state index contributed by atoms with van der Waals surface area (Å²) >= 11 is 0. The number of methoxy groups -OCH3 is 1. The molecule has 0 spiro atoms. The number of amides is 1. The maximum atomic E-state index is 13.7. The van der Waals surface area contributed by atoms with Crippen LogP contribution >= 0.6 is 0 Å². The number of nitrogens with zero attached hydrogens (tertiary/aromatic N) is 5. The van der Waals surface area contributed by atoms with Gasteiger partial charge < -0.3 is 29.2 Å². The topological polar surface area (TPSA) is 100 Å². The molecule has 2 aliphatic carbocycles. The van der Waals surface area contributed by atoms with Crippen LogP contribution in [-0.2, 0) is 24.8 Å². The molecule has 3 aromatic heterocycles. The molecule has 1 aromatic carbocycles. The normalized spacial score (nSPS) is 25.7. The third kappa shape index (κ3) is 4.15. The maximum Gasteiger partial charge on any atom is 0.254 e. The molecule has 214 valence electrons. The molecule has 4 aromatic rings. The van der Waals surface area contributed by atoms with Gasteiger partial charge in [-0.3, -0.25) is 4.79 Å². The first-order valence-electron chi connectivity index (χ1n) is 15.2. The van der Waals surface area contributed by atoms with Gasteiger partial charge in [0.2, 0.25) is 0 Å². The Bertz CT molecular complexity index is 1660. The Morgan fingerprint density at radius 2 is 1.98 bits per heavy atom. The van der Waals surface area contributed by atoms with Crippen molar-refractivity contribution in [1.82, 2.24) is 24.0 Å². The number of rotatable bonds is 7. The predicted molar refractivity (Wildman–Crippen MR) is 157 cm³/mol. The summed E-state index contributed by atoms with van der Waals surface area (Å²) in [6.45, 7) is 3.35. The Balaban J connectivity index is 1.21. The molecule has 9 nitrogen and oxygen atoms in total. The Morgan fingerprint density at radius 3 is 2.68 bits per heavy atom. The molecule has 41 heavy (non-hydrogen) atoms. The van der Waals surface area contributed by atoms with Gasteiger partial charge in [0.05, 0.1) is 18.3 Å². The van der Waals surface area contributed by atoms with Gasteiger partial charge in [0.1, 0.15) is 16.9 Å². The smallest absolute Gasteiger partial charge is 0.254 e. The number of aromatic nitrogens is 4. The molecule has 2 bridgehead atoms. The molecule has 4 aliphatic rings. The summed E-state index contributed by atoms with van der Waals surface area (Å²) in [5.41, 5.74) is 11.9. The number of ether oxygens (including phenoxy) is 2. The third-order valence-corrected chi connectivity index (χ3v) is 10.0. The number of hydrogen-bond acceptors (Lipinski definition) is 6. The molecule has 2 saturated heterocycles. The van der Waals surface area contributed by atoms with Crippen molar-refractivity contribution in [3.05, 3.63) is 41.6 Å². The highest BCUT2D eigenvalue weighted by atomic mass is 16.5. The first kappa shape index (κ1) is 25.3. The number of hydrogen-bond donors (Lipinski definition) is 1. The van der Waals surface area contributed by atoms with Gasteiger partial charge in [-0.2, -0.15) is 0 Å². The fraction of sp³-hybridized carbons (Fsp3) is 0.531. The van der Waals surface area contributed by atoms with Crippen molar-refractivity contribution in [2.24, 2.45) is 30.5 Å². The number of carbonyl (C=O) groups excluding carboxylic acids is 1. The zero-order valence-corrected chi connectivity index (χ0v) is 23.9. The second kappa shape index (κ2) is 9.56. The Hall–Kier alpha value is -3.43. The van der Waals surface area contributed by atoms with Crippen molar-refractivity contribution < 1.29 is 14.3 Å². The molecule has 3 unspecified atom stereocenters. The Morgan fingerprint density at radius 1 is 1.10 bits per heavy atom. The zero-order valence-electron chi connectivity index (χ0n) is 23.9. The lowest BCUT2D eigenvalue weighted by Gasteiger charge is -2.27. The molecule has 2 aliphatic heterocycles. The second-order valence-corrected chi connectivity index (χ2v) is 12.7. The van der Waals surface area contributed by atoms with E-state index in [-0.39, 0.29) is 18.0 Å². The van der Waals surface area contributed by atoms with Crippen molar-refractivity contribution in [3.8, 4) is 17.3 Å². The zero-order chi connectivity index (χ0) is 27.8. The van der Waals surface area contributed by atoms with Crippen LogP contribution < -0.4 is 10.5 Å². The standard InChI is InChI=1S/C32H38N6O3/c1-36-29-24(12-22(14-27(29)40-2)32(39)38-16-21-6-8-25(38)28(21)33)35-31(36)26-13-20-5-7-23(11-19-9-10-41-17-19)34-30(20)37(26)15-18-3-4-18/h5,7,12-14,18-19,21,25,28H,3-4,6,8-11,15-17,33H2,1-2H3/t19?,21?,25?,28-/m1/s1. The molecule has 8 rings (SSSR count). The van der Waals surface area contributed by atoms with Crippen LogP contribution in [-0.4, -0.2) is 68.9 Å². The van der Waals surface area contributed by atoms with Crippen molar-refractivity contribution >= 4 is 28.0 Å². The van der Waals surface area contributed by atoms with E-state index in [1.807, 2.05) is 24.1 Å². The lowest BCUT2D eigenvalue weighted by Crippen LogP contribution is -2.41. The quantitative estimate of drug-likeness (QED) is 0.369. The third-order valence-electron chi connectivity index (χ3n) is 10.0. The SMILES string of the molecule is COc1cc(C(=O)N2CC3CCC2[C@@H]3N)cc2nc(-c3cc4ccc(CC5CCOC5)nc4n3CC3CC3)n(C)c12. The number of imidazole rings is 1. The fourth-order valence-corrected chi connectivity index (χ4v) is 7.52. The van der Waals surface area contributed by atoms with Crippen LogP contribution in [0.5, 0.6) is 5.75 Å². The summed E-state index contributed by atoms with van der Waals surface area (Å²) in [6.07, 6.45) is 6.65. The first-order valence-corrected chi connectivity index (χ1v) is 15.2. The van der Waals surface area contributed by atoms with E-state index in [9.17, 15) is 4.79 Å². The summed E-state index contributed by atoms with van der Waals surface area (Å²) in [7, 11) is 3.69. The van der Waals surface area contributed by atoms with Gasteiger partial charge >= 0.3 is 0 Å². The second-order valence-electron chi connectivity index (χ2n) is 12.7. The van der Waals surface area contributed by atoms with E-state index in [0.717, 1.165) is 91.3 Å². The van der Waals surface area contributed by atoms with E-state index in [2.05, 4.69) is 27.3 Å². The molecule has 2 saturated carbocycles. The molecule has 2 N–H and O–H groups in total. The van der Waals surface area contributed by atoms with E-state index >= 15 is 0 Å². The van der Waals surface area contributed by atoms with Gasteiger partial charge in [-0.15, -0.1) is 0 Å². The van der Waals surface area contributed by atoms with Gasteiger partial charge in [0.25, 0.3) is 5.91 Å². The largest absolute Gasteiger partial charge is 0.494 e. The van der Waals surface area contributed by atoms with E-state index in [4.69, 9.17) is 25.2 Å². The van der Waals surface area contributed by atoms with E-state index in [1.165, 1.54) is 12.8 Å². The summed E-state index contributed by atoms with van der Waals surface area (Å²) in [6, 6.07) is 10.6. The van der Waals surface area contributed by atoms with Crippen LogP contribution in [0.3, 0.4) is 0 Å². The summed E-state index contributed by atoms with van der Waals surface area (Å²) < 4.78 is 15.9. The van der Waals surface area contributed by atoms with Crippen LogP contribution in [0, 0.1) is 17.8 Å². The number of carbonyl (C=O) groups is 1. The molecule has 5 heterocycles. The lowest BCUT2D eigenvalue weighted by atomic mass is 10.0. The average Bonchev–Trinajstić information content (AvgIpc) is 3.31. The first-order chi connectivity index (χ1) is 20.0. The molecule has 0 radical (unpaired) electrons. The molecular formula is C32H38N6O3. The van der Waals surface area contributed by atoms with Crippen molar-refractivity contribution in [2.45, 2.75) is 57.2 Å². The molecule has 4 atom stereocenters. The number of pyridine rings is 1. The van der Waals surface area contributed by atoms with Crippen molar-refractivity contribution in [2.75, 3.05) is 26.9 Å². The monoisotopic (exact) mass is 554 g/mol. The Labute approximate surface area is 239 Å². The van der Waals surface area contributed by atoms with Crippen LogP contribution in [0.25, 0.3) is 33.6 Å². The minimum Gasteiger partial charge on any atom is -0.494 e. The van der Waals surface area contributed by atoms with Gasteiger partial charge in [-0.25, -0.2) is 9.97 Å². The minimum absolute atomic E-state index is 0.0206. The Kier molecular flexibility index (Phi) is 5.90. The van der Waals surface area contributed by atoms with Crippen LogP contribution in [0.15, 0.2) is 30.3 Å². The number of likely N-dealkylation sites (tertiary alicyclic amines) is 1. The summed E-state index contributed by atoms with van der Waals surface area (Å²) in [5.74, 6) is 3.16. The lowest BCUT2D eigenvalue weighted by molar-refractivity contribution is 0.0700. The van der Waals surface area contributed by atoms with Gasteiger partial charge in [-0.05, 0) is 86.6 Å². The number of fused-ring (bicyclic) bond motifs is 4. The predicted octanol–water partition coefficient (Wildman–Crippen LogP) is 4.15. The van der Waals surface area contributed by atoms with Crippen molar-refractivity contribution in [1.29, 1.82) is 0 Å².